The maximum atomic E-state index is 10.0. The number of hydrogen-bond acceptors (Lipinski definition) is 3. The Hall–Kier alpha value is -1.13. The van der Waals surface area contributed by atoms with Gasteiger partial charge in [-0.3, -0.25) is 4.98 Å². The summed E-state index contributed by atoms with van der Waals surface area (Å²) in [6.07, 6.45) is 4.40. The van der Waals surface area contributed by atoms with Gasteiger partial charge in [-0.15, -0.1) is 24.8 Å². The zero-order chi connectivity index (χ0) is 13.9. The van der Waals surface area contributed by atoms with Gasteiger partial charge >= 0.3 is 0 Å². The molecule has 0 bridgehead atoms. The lowest BCUT2D eigenvalue weighted by Crippen LogP contribution is -2.15. The van der Waals surface area contributed by atoms with E-state index in [1.54, 1.807) is 20.0 Å². The van der Waals surface area contributed by atoms with Crippen molar-refractivity contribution in [2.75, 3.05) is 6.54 Å². The highest BCUT2D eigenvalue weighted by atomic mass is 35.5. The van der Waals surface area contributed by atoms with Gasteiger partial charge in [0.2, 0.25) is 0 Å². The summed E-state index contributed by atoms with van der Waals surface area (Å²) in [7, 11) is 0. The van der Waals surface area contributed by atoms with Crippen molar-refractivity contribution in [3.8, 4) is 11.1 Å². The lowest BCUT2D eigenvalue weighted by Gasteiger charge is -2.18. The number of pyridine rings is 1. The third-order valence-corrected chi connectivity index (χ3v) is 3.16. The first-order valence-corrected chi connectivity index (χ1v) is 6.48. The molecular weight excluding hydrogens is 307 g/mol. The van der Waals surface area contributed by atoms with Gasteiger partial charge in [0.1, 0.15) is 0 Å². The molecule has 0 saturated carbocycles. The minimum Gasteiger partial charge on any atom is -0.386 e. The summed E-state index contributed by atoms with van der Waals surface area (Å²) >= 11 is 0. The van der Waals surface area contributed by atoms with E-state index in [4.69, 9.17) is 5.73 Å². The molecule has 3 N–H and O–H groups in total. The molecule has 0 unspecified atom stereocenters. The average Bonchev–Trinajstić information content (AvgIpc) is 2.39. The Kier molecular flexibility index (Phi) is 7.90. The minimum atomic E-state index is -0.873. The fourth-order valence-corrected chi connectivity index (χ4v) is 1.96. The van der Waals surface area contributed by atoms with Gasteiger partial charge in [0.25, 0.3) is 0 Å². The molecule has 0 aliphatic rings. The summed E-state index contributed by atoms with van der Waals surface area (Å²) < 4.78 is 0. The highest BCUT2D eigenvalue weighted by Gasteiger charge is 2.16. The van der Waals surface area contributed by atoms with Crippen molar-refractivity contribution in [2.45, 2.75) is 25.9 Å². The Balaban J connectivity index is 0.00000200. The van der Waals surface area contributed by atoms with Crippen LogP contribution < -0.4 is 5.73 Å². The molecule has 1 aromatic carbocycles. The van der Waals surface area contributed by atoms with Crippen LogP contribution in [0, 0.1) is 0 Å². The third kappa shape index (κ3) is 5.29. The number of rotatable bonds is 4. The number of benzene rings is 1. The first-order valence-electron chi connectivity index (χ1n) is 6.48. The van der Waals surface area contributed by atoms with Crippen molar-refractivity contribution >= 4 is 24.8 Å². The fraction of sp³-hybridized carbons (Fsp3) is 0.312. The van der Waals surface area contributed by atoms with Gasteiger partial charge in [-0.05, 0) is 44.0 Å². The van der Waals surface area contributed by atoms with Gasteiger partial charge in [0, 0.05) is 23.5 Å². The molecule has 0 aliphatic carbocycles. The number of halogens is 2. The van der Waals surface area contributed by atoms with Crippen molar-refractivity contribution in [3.63, 3.8) is 0 Å². The Morgan fingerprint density at radius 1 is 1.05 bits per heavy atom. The van der Waals surface area contributed by atoms with Crippen molar-refractivity contribution in [2.24, 2.45) is 5.73 Å². The maximum Gasteiger partial charge on any atom is 0.0855 e. The lowest BCUT2D eigenvalue weighted by atomic mass is 9.96. The second kappa shape index (κ2) is 8.35. The van der Waals surface area contributed by atoms with Crippen LogP contribution in [0.15, 0.2) is 42.7 Å². The van der Waals surface area contributed by atoms with E-state index in [1.807, 2.05) is 12.3 Å². The van der Waals surface area contributed by atoms with E-state index in [1.165, 1.54) is 5.56 Å². The van der Waals surface area contributed by atoms with Crippen LogP contribution in [0.5, 0.6) is 0 Å². The van der Waals surface area contributed by atoms with Crippen molar-refractivity contribution in [1.82, 2.24) is 4.98 Å². The summed E-state index contributed by atoms with van der Waals surface area (Å²) in [4.78, 5) is 4.21. The van der Waals surface area contributed by atoms with Crippen LogP contribution in [0.25, 0.3) is 11.1 Å². The fourth-order valence-electron chi connectivity index (χ4n) is 1.96. The number of nitrogens with two attached hydrogens (primary N) is 1. The Labute approximate surface area is 138 Å². The summed E-state index contributed by atoms with van der Waals surface area (Å²) in [6.45, 7) is 4.19. The second-order valence-electron chi connectivity index (χ2n) is 5.26. The average molecular weight is 329 g/mol. The molecule has 21 heavy (non-hydrogen) atoms. The number of aliphatic hydroxyl groups is 1. The highest BCUT2D eigenvalue weighted by Crippen LogP contribution is 2.25. The van der Waals surface area contributed by atoms with E-state index in [0.29, 0.717) is 6.54 Å². The van der Waals surface area contributed by atoms with Crippen LogP contribution in [0.1, 0.15) is 25.0 Å². The first kappa shape index (κ1) is 19.9. The number of aromatic nitrogens is 1. The molecule has 0 fully saturated rings. The van der Waals surface area contributed by atoms with Crippen LogP contribution in [0.2, 0.25) is 0 Å². The van der Waals surface area contributed by atoms with Crippen LogP contribution in [-0.4, -0.2) is 16.6 Å². The van der Waals surface area contributed by atoms with Crippen LogP contribution in [-0.2, 0) is 12.0 Å². The number of nitrogens with zero attached hydrogens (tertiary/aromatic N) is 1. The molecule has 0 aliphatic heterocycles. The smallest absolute Gasteiger partial charge is 0.0855 e. The maximum absolute atomic E-state index is 10.0. The van der Waals surface area contributed by atoms with Crippen LogP contribution in [0.4, 0.5) is 0 Å². The predicted octanol–water partition coefficient (Wildman–Crippen LogP) is 3.32. The summed E-state index contributed by atoms with van der Waals surface area (Å²) in [6, 6.07) is 10.3. The molecule has 0 atom stereocenters. The molecule has 0 saturated heterocycles. The highest BCUT2D eigenvalue weighted by molar-refractivity contribution is 5.85. The standard InChI is InChI=1S/C16H20N2O.2ClH/c1-16(2,19)15-9-14(10-18-11-15)13-5-3-12(4-6-13)7-8-17;;/h3-6,9-11,19H,7-8,17H2,1-2H3;2*1H. The van der Waals surface area contributed by atoms with Gasteiger partial charge in [-0.1, -0.05) is 24.3 Å². The largest absolute Gasteiger partial charge is 0.386 e. The third-order valence-electron chi connectivity index (χ3n) is 3.16. The first-order chi connectivity index (χ1) is 9.00. The van der Waals surface area contributed by atoms with Gasteiger partial charge in [0.15, 0.2) is 0 Å². The molecule has 1 heterocycles. The van der Waals surface area contributed by atoms with E-state index in [9.17, 15) is 5.11 Å². The SMILES string of the molecule is CC(C)(O)c1cncc(-c2ccc(CCN)cc2)c1.Cl.Cl. The van der Waals surface area contributed by atoms with E-state index in [2.05, 4.69) is 29.2 Å². The zero-order valence-electron chi connectivity index (χ0n) is 12.2. The Morgan fingerprint density at radius 2 is 1.67 bits per heavy atom. The molecule has 1 aromatic heterocycles. The molecule has 5 heteroatoms. The molecule has 0 amide bonds. The van der Waals surface area contributed by atoms with Crippen LogP contribution >= 0.6 is 24.8 Å². The van der Waals surface area contributed by atoms with E-state index in [-0.39, 0.29) is 24.8 Å². The van der Waals surface area contributed by atoms with Gasteiger partial charge in [-0.2, -0.15) is 0 Å². The molecule has 0 radical (unpaired) electrons. The van der Waals surface area contributed by atoms with Crippen molar-refractivity contribution in [1.29, 1.82) is 0 Å². The van der Waals surface area contributed by atoms with E-state index >= 15 is 0 Å². The summed E-state index contributed by atoms with van der Waals surface area (Å²) in [5.74, 6) is 0. The minimum absolute atomic E-state index is 0. The quantitative estimate of drug-likeness (QED) is 0.905. The molecule has 2 aromatic rings. The van der Waals surface area contributed by atoms with Gasteiger partial charge in [0.05, 0.1) is 5.60 Å². The van der Waals surface area contributed by atoms with Crippen molar-refractivity contribution in [3.05, 3.63) is 53.9 Å². The normalized spacial score (nSPS) is 10.5. The molecular formula is C16H22Cl2N2O. The summed E-state index contributed by atoms with van der Waals surface area (Å²) in [5, 5.41) is 10.0. The van der Waals surface area contributed by atoms with Crippen molar-refractivity contribution < 1.29 is 5.11 Å². The topological polar surface area (TPSA) is 59.1 Å². The van der Waals surface area contributed by atoms with Gasteiger partial charge < -0.3 is 10.8 Å². The number of hydrogen-bond donors (Lipinski definition) is 2. The molecule has 116 valence electrons. The zero-order valence-corrected chi connectivity index (χ0v) is 13.9. The Bertz CT molecular complexity index is 551. The van der Waals surface area contributed by atoms with E-state index < -0.39 is 5.60 Å². The monoisotopic (exact) mass is 328 g/mol. The molecule has 2 rings (SSSR count). The predicted molar refractivity (Wildman–Crippen MR) is 92.2 cm³/mol. The molecule has 0 spiro atoms. The lowest BCUT2D eigenvalue weighted by molar-refractivity contribution is 0.0783. The van der Waals surface area contributed by atoms with E-state index in [0.717, 1.165) is 23.1 Å². The second-order valence-corrected chi connectivity index (χ2v) is 5.26. The van der Waals surface area contributed by atoms with Crippen LogP contribution in [0.3, 0.4) is 0 Å². The molecule has 3 nitrogen and oxygen atoms in total. The Morgan fingerprint density at radius 3 is 2.19 bits per heavy atom. The van der Waals surface area contributed by atoms with Gasteiger partial charge in [-0.25, -0.2) is 0 Å². The summed E-state index contributed by atoms with van der Waals surface area (Å²) in [5.41, 5.74) is 8.83.